The molecule has 0 aliphatic heterocycles. The Morgan fingerprint density at radius 3 is 2.68 bits per heavy atom. The zero-order chi connectivity index (χ0) is 14.0. The van der Waals surface area contributed by atoms with Crippen LogP contribution >= 0.6 is 11.3 Å². The lowest BCUT2D eigenvalue weighted by atomic mass is 10.2. The van der Waals surface area contributed by atoms with E-state index in [9.17, 15) is 8.42 Å². The van der Waals surface area contributed by atoms with Crippen molar-refractivity contribution in [2.75, 3.05) is 12.8 Å². The molecule has 19 heavy (non-hydrogen) atoms. The number of sulfonamides is 1. The van der Waals surface area contributed by atoms with E-state index < -0.39 is 10.0 Å². The first-order valence-electron chi connectivity index (χ1n) is 5.87. The summed E-state index contributed by atoms with van der Waals surface area (Å²) in [6, 6.07) is 5.83. The lowest BCUT2D eigenvalue weighted by molar-refractivity contribution is 0.501. The number of hydrogen-bond donors (Lipinski definition) is 1. The van der Waals surface area contributed by atoms with Gasteiger partial charge in [-0.25, -0.2) is 13.1 Å². The Bertz CT molecular complexity index is 645. The molecule has 0 radical (unpaired) electrons. The maximum Gasteiger partial charge on any atom is 0.208 e. The standard InChI is InChI=1S/C12H17N3O2S2/c1-9-7-10(2)15(14-9)11(8-13-19(3,16)17)12-5-4-6-18-12/h4-7,11,13H,8H2,1-3H3. The van der Waals surface area contributed by atoms with Crippen LogP contribution in [0, 0.1) is 13.8 Å². The fraction of sp³-hybridized carbons (Fsp3) is 0.417. The second-order valence-electron chi connectivity index (χ2n) is 4.52. The van der Waals surface area contributed by atoms with E-state index in [1.807, 2.05) is 42.1 Å². The molecule has 5 nitrogen and oxygen atoms in total. The molecule has 1 unspecified atom stereocenters. The third-order valence-corrected chi connectivity index (χ3v) is 4.41. The Labute approximate surface area is 117 Å². The van der Waals surface area contributed by atoms with Crippen molar-refractivity contribution in [2.24, 2.45) is 0 Å². The molecular formula is C12H17N3O2S2. The van der Waals surface area contributed by atoms with Crippen LogP contribution in [0.1, 0.15) is 22.3 Å². The summed E-state index contributed by atoms with van der Waals surface area (Å²) in [4.78, 5) is 1.09. The lowest BCUT2D eigenvalue weighted by Crippen LogP contribution is -2.31. The molecule has 0 saturated carbocycles. The minimum atomic E-state index is -3.21. The zero-order valence-corrected chi connectivity index (χ0v) is 12.8. The fourth-order valence-electron chi connectivity index (χ4n) is 1.98. The van der Waals surface area contributed by atoms with Crippen molar-refractivity contribution < 1.29 is 8.42 Å². The minimum absolute atomic E-state index is 0.108. The number of aromatic nitrogens is 2. The van der Waals surface area contributed by atoms with Crippen LogP contribution in [0.4, 0.5) is 0 Å². The molecule has 0 amide bonds. The Balaban J connectivity index is 2.32. The highest BCUT2D eigenvalue weighted by atomic mass is 32.2. The first kappa shape index (κ1) is 14.2. The van der Waals surface area contributed by atoms with E-state index >= 15 is 0 Å². The van der Waals surface area contributed by atoms with Crippen LogP contribution in [0.3, 0.4) is 0 Å². The normalized spacial score (nSPS) is 13.6. The summed E-state index contributed by atoms with van der Waals surface area (Å²) in [5.74, 6) is 0. The van der Waals surface area contributed by atoms with Gasteiger partial charge in [-0.2, -0.15) is 5.10 Å². The summed E-state index contributed by atoms with van der Waals surface area (Å²) in [6.07, 6.45) is 1.17. The van der Waals surface area contributed by atoms with E-state index in [0.717, 1.165) is 16.3 Å². The van der Waals surface area contributed by atoms with Gasteiger partial charge >= 0.3 is 0 Å². The van der Waals surface area contributed by atoms with E-state index in [-0.39, 0.29) is 6.04 Å². The van der Waals surface area contributed by atoms with Crippen molar-refractivity contribution >= 4 is 21.4 Å². The van der Waals surface area contributed by atoms with Gasteiger partial charge in [0.15, 0.2) is 0 Å². The first-order valence-corrected chi connectivity index (χ1v) is 8.65. The highest BCUT2D eigenvalue weighted by Gasteiger charge is 2.19. The van der Waals surface area contributed by atoms with E-state index in [0.29, 0.717) is 6.54 Å². The molecule has 2 heterocycles. The van der Waals surface area contributed by atoms with Gasteiger partial charge < -0.3 is 0 Å². The van der Waals surface area contributed by atoms with Gasteiger partial charge in [0, 0.05) is 17.1 Å². The van der Waals surface area contributed by atoms with E-state index in [1.165, 1.54) is 6.26 Å². The number of nitrogens with one attached hydrogen (secondary N) is 1. The largest absolute Gasteiger partial charge is 0.260 e. The summed E-state index contributed by atoms with van der Waals surface area (Å²) >= 11 is 1.60. The molecular weight excluding hydrogens is 282 g/mol. The average Bonchev–Trinajstić information content (AvgIpc) is 2.88. The van der Waals surface area contributed by atoms with Gasteiger partial charge in [-0.15, -0.1) is 11.3 Å². The Kier molecular flexibility index (Phi) is 4.07. The third kappa shape index (κ3) is 3.65. The van der Waals surface area contributed by atoms with Crippen LogP contribution < -0.4 is 4.72 Å². The van der Waals surface area contributed by atoms with Crippen LogP contribution in [0.25, 0.3) is 0 Å². The van der Waals surface area contributed by atoms with E-state index in [4.69, 9.17) is 0 Å². The number of nitrogens with zero attached hydrogens (tertiary/aromatic N) is 2. The lowest BCUT2D eigenvalue weighted by Gasteiger charge is -2.18. The molecule has 0 aliphatic carbocycles. The number of rotatable bonds is 5. The van der Waals surface area contributed by atoms with Crippen molar-refractivity contribution in [3.05, 3.63) is 39.8 Å². The molecule has 0 bridgehead atoms. The molecule has 2 aromatic heterocycles. The van der Waals surface area contributed by atoms with Gasteiger partial charge in [0.2, 0.25) is 10.0 Å². The number of aryl methyl sites for hydroxylation is 2. The van der Waals surface area contributed by atoms with Gasteiger partial charge in [-0.05, 0) is 31.4 Å². The van der Waals surface area contributed by atoms with Crippen LogP contribution in [0.2, 0.25) is 0 Å². The maximum absolute atomic E-state index is 11.3. The van der Waals surface area contributed by atoms with Crippen molar-refractivity contribution in [3.8, 4) is 0 Å². The molecule has 1 N–H and O–H groups in total. The second kappa shape index (κ2) is 5.44. The van der Waals surface area contributed by atoms with Crippen molar-refractivity contribution in [3.63, 3.8) is 0 Å². The molecule has 7 heteroatoms. The Morgan fingerprint density at radius 1 is 1.47 bits per heavy atom. The molecule has 104 valence electrons. The van der Waals surface area contributed by atoms with Crippen LogP contribution in [0.15, 0.2) is 23.6 Å². The van der Waals surface area contributed by atoms with E-state index in [2.05, 4.69) is 9.82 Å². The predicted molar refractivity (Wildman–Crippen MR) is 77.0 cm³/mol. The topological polar surface area (TPSA) is 64.0 Å². The molecule has 2 rings (SSSR count). The summed E-state index contributed by atoms with van der Waals surface area (Å²) in [5.41, 5.74) is 1.95. The fourth-order valence-corrected chi connectivity index (χ4v) is 3.25. The zero-order valence-electron chi connectivity index (χ0n) is 11.1. The van der Waals surface area contributed by atoms with Gasteiger partial charge in [-0.1, -0.05) is 6.07 Å². The quantitative estimate of drug-likeness (QED) is 0.914. The van der Waals surface area contributed by atoms with Crippen molar-refractivity contribution in [1.29, 1.82) is 0 Å². The number of thiophene rings is 1. The van der Waals surface area contributed by atoms with Gasteiger partial charge in [0.25, 0.3) is 0 Å². The Morgan fingerprint density at radius 2 is 2.21 bits per heavy atom. The summed E-state index contributed by atoms with van der Waals surface area (Å²) in [6.45, 7) is 4.21. The molecule has 0 saturated heterocycles. The summed E-state index contributed by atoms with van der Waals surface area (Å²) in [5, 5.41) is 6.44. The molecule has 0 aliphatic rings. The van der Waals surface area contributed by atoms with Crippen LogP contribution in [-0.2, 0) is 10.0 Å². The van der Waals surface area contributed by atoms with Crippen LogP contribution in [-0.4, -0.2) is 31.0 Å². The smallest absolute Gasteiger partial charge is 0.208 e. The molecule has 2 aromatic rings. The van der Waals surface area contributed by atoms with Crippen molar-refractivity contribution in [1.82, 2.24) is 14.5 Å². The summed E-state index contributed by atoms with van der Waals surface area (Å²) in [7, 11) is -3.21. The average molecular weight is 299 g/mol. The molecule has 0 spiro atoms. The number of hydrogen-bond acceptors (Lipinski definition) is 4. The highest BCUT2D eigenvalue weighted by molar-refractivity contribution is 7.88. The minimum Gasteiger partial charge on any atom is -0.260 e. The highest BCUT2D eigenvalue weighted by Crippen LogP contribution is 2.24. The SMILES string of the molecule is Cc1cc(C)n(C(CNS(C)(=O)=O)c2cccs2)n1. The summed E-state index contributed by atoms with van der Waals surface area (Å²) < 4.78 is 27.0. The molecule has 0 fully saturated rings. The van der Waals surface area contributed by atoms with E-state index in [1.54, 1.807) is 11.3 Å². The Hall–Kier alpha value is -1.18. The van der Waals surface area contributed by atoms with Gasteiger partial charge in [0.05, 0.1) is 18.0 Å². The third-order valence-electron chi connectivity index (χ3n) is 2.75. The predicted octanol–water partition coefficient (Wildman–Crippen LogP) is 1.70. The van der Waals surface area contributed by atoms with Crippen molar-refractivity contribution in [2.45, 2.75) is 19.9 Å². The van der Waals surface area contributed by atoms with Gasteiger partial charge in [-0.3, -0.25) is 4.68 Å². The van der Waals surface area contributed by atoms with Gasteiger partial charge in [0.1, 0.15) is 0 Å². The second-order valence-corrected chi connectivity index (χ2v) is 7.34. The maximum atomic E-state index is 11.3. The molecule has 1 atom stereocenters. The monoisotopic (exact) mass is 299 g/mol. The van der Waals surface area contributed by atoms with Crippen LogP contribution in [0.5, 0.6) is 0 Å². The molecule has 0 aromatic carbocycles. The first-order chi connectivity index (χ1) is 8.87.